The van der Waals surface area contributed by atoms with Gasteiger partial charge in [-0.2, -0.15) is 0 Å². The van der Waals surface area contributed by atoms with Crippen LogP contribution in [-0.4, -0.2) is 16.1 Å². The Balaban J connectivity index is 1.76. The van der Waals surface area contributed by atoms with Crippen molar-refractivity contribution in [3.8, 4) is 0 Å². The maximum absolute atomic E-state index is 5.04. The van der Waals surface area contributed by atoms with E-state index >= 15 is 0 Å². The Labute approximate surface area is 109 Å². The normalized spacial score (nSPS) is 25.1. The molecule has 2 saturated carbocycles. The van der Waals surface area contributed by atoms with Crippen LogP contribution >= 0.6 is 0 Å². The molecular weight excluding hydrogens is 222 g/mol. The number of nitrogens with one attached hydrogen (secondary N) is 1. The van der Waals surface area contributed by atoms with E-state index in [2.05, 4.69) is 9.88 Å². The first kappa shape index (κ1) is 11.0. The first-order valence-corrected chi connectivity index (χ1v) is 7.74. The maximum Gasteiger partial charge on any atom is 0.112 e. The van der Waals surface area contributed by atoms with Crippen LogP contribution < -0.4 is 5.32 Å². The largest absolute Gasteiger partial charge is 0.328 e. The fraction of sp³-hybridized carbons (Fsp3) is 0.800. The molecule has 3 nitrogen and oxygen atoms in total. The van der Waals surface area contributed by atoms with Crippen molar-refractivity contribution >= 4 is 0 Å². The fourth-order valence-corrected chi connectivity index (χ4v) is 3.88. The van der Waals surface area contributed by atoms with Gasteiger partial charge in [-0.1, -0.05) is 12.8 Å². The predicted octanol–water partition coefficient (Wildman–Crippen LogP) is 2.91. The van der Waals surface area contributed by atoms with E-state index in [4.69, 9.17) is 4.98 Å². The number of hydrogen-bond donors (Lipinski definition) is 1. The lowest BCUT2D eigenvalue weighted by Gasteiger charge is -2.32. The van der Waals surface area contributed by atoms with Crippen LogP contribution in [0.25, 0.3) is 0 Å². The zero-order chi connectivity index (χ0) is 11.9. The second kappa shape index (κ2) is 4.37. The molecule has 2 fully saturated rings. The van der Waals surface area contributed by atoms with Crippen molar-refractivity contribution in [3.63, 3.8) is 0 Å². The quantitative estimate of drug-likeness (QED) is 0.868. The Bertz CT molecular complexity index is 439. The van der Waals surface area contributed by atoms with E-state index in [0.717, 1.165) is 25.0 Å². The molecule has 0 bridgehead atoms. The second-order valence-electron chi connectivity index (χ2n) is 6.23. The monoisotopic (exact) mass is 245 g/mol. The van der Waals surface area contributed by atoms with Gasteiger partial charge < -0.3 is 9.88 Å². The lowest BCUT2D eigenvalue weighted by Crippen LogP contribution is -2.28. The topological polar surface area (TPSA) is 29.9 Å². The zero-order valence-electron chi connectivity index (χ0n) is 11.1. The highest BCUT2D eigenvalue weighted by atomic mass is 15.2. The highest BCUT2D eigenvalue weighted by molar-refractivity contribution is 5.24. The molecule has 0 radical (unpaired) electrons. The Morgan fingerprint density at radius 3 is 2.61 bits per heavy atom. The predicted molar refractivity (Wildman–Crippen MR) is 71.7 cm³/mol. The number of nitrogens with zero attached hydrogens (tertiary/aromatic N) is 2. The summed E-state index contributed by atoms with van der Waals surface area (Å²) in [6, 6.07) is 0.787. The summed E-state index contributed by atoms with van der Waals surface area (Å²) < 4.78 is 2.68. The molecule has 0 atom stereocenters. The van der Waals surface area contributed by atoms with Crippen LogP contribution in [0.5, 0.6) is 0 Å². The molecule has 98 valence electrons. The molecule has 0 spiro atoms. The summed E-state index contributed by atoms with van der Waals surface area (Å²) in [4.78, 5) is 5.04. The van der Waals surface area contributed by atoms with Crippen molar-refractivity contribution in [1.29, 1.82) is 0 Å². The lowest BCUT2D eigenvalue weighted by atomic mass is 9.91. The standard InChI is InChI=1S/C15H23N3/c1-2-5-11(4-1)15-17-13-10-16-9-8-14(13)18(15)12-6-3-7-12/h11-12,16H,1-10H2. The third-order valence-electron chi connectivity index (χ3n) is 5.11. The van der Waals surface area contributed by atoms with E-state index in [9.17, 15) is 0 Å². The van der Waals surface area contributed by atoms with E-state index in [0.29, 0.717) is 0 Å². The van der Waals surface area contributed by atoms with Gasteiger partial charge in [0.2, 0.25) is 0 Å². The first-order valence-electron chi connectivity index (χ1n) is 7.74. The average Bonchev–Trinajstić information content (AvgIpc) is 2.94. The molecule has 0 aromatic carbocycles. The molecule has 4 rings (SSSR count). The number of hydrogen-bond acceptors (Lipinski definition) is 2. The fourth-order valence-electron chi connectivity index (χ4n) is 3.88. The second-order valence-corrected chi connectivity index (χ2v) is 6.23. The summed E-state index contributed by atoms with van der Waals surface area (Å²) in [7, 11) is 0. The minimum atomic E-state index is 0.760. The van der Waals surface area contributed by atoms with Crippen molar-refractivity contribution < 1.29 is 0 Å². The summed E-state index contributed by atoms with van der Waals surface area (Å²) in [5.74, 6) is 2.21. The van der Waals surface area contributed by atoms with Crippen molar-refractivity contribution in [2.75, 3.05) is 6.54 Å². The van der Waals surface area contributed by atoms with E-state index < -0.39 is 0 Å². The summed E-state index contributed by atoms with van der Waals surface area (Å²) >= 11 is 0. The van der Waals surface area contributed by atoms with E-state index in [-0.39, 0.29) is 0 Å². The van der Waals surface area contributed by atoms with Crippen molar-refractivity contribution in [2.45, 2.75) is 69.9 Å². The van der Waals surface area contributed by atoms with Crippen molar-refractivity contribution in [2.24, 2.45) is 0 Å². The van der Waals surface area contributed by atoms with Gasteiger partial charge >= 0.3 is 0 Å². The van der Waals surface area contributed by atoms with Crippen LogP contribution in [0.1, 0.15) is 74.1 Å². The number of aromatic nitrogens is 2. The molecular formula is C15H23N3. The van der Waals surface area contributed by atoms with Gasteiger partial charge in [0.1, 0.15) is 5.82 Å². The molecule has 0 unspecified atom stereocenters. The van der Waals surface area contributed by atoms with Gasteiger partial charge in [0.05, 0.1) is 5.69 Å². The van der Waals surface area contributed by atoms with E-state index in [1.54, 1.807) is 5.69 Å². The van der Waals surface area contributed by atoms with Crippen LogP contribution in [-0.2, 0) is 13.0 Å². The average molecular weight is 245 g/mol. The molecule has 1 aliphatic heterocycles. The minimum absolute atomic E-state index is 0.760. The number of fused-ring (bicyclic) bond motifs is 1. The highest BCUT2D eigenvalue weighted by Crippen LogP contribution is 2.41. The molecule has 2 aliphatic carbocycles. The number of rotatable bonds is 2. The summed E-state index contributed by atoms with van der Waals surface area (Å²) in [6.07, 6.45) is 10.9. The van der Waals surface area contributed by atoms with Crippen molar-refractivity contribution in [1.82, 2.24) is 14.9 Å². The van der Waals surface area contributed by atoms with Gasteiger partial charge in [0, 0.05) is 37.2 Å². The molecule has 2 heterocycles. The van der Waals surface area contributed by atoms with Crippen LogP contribution in [0, 0.1) is 0 Å². The molecule has 0 amide bonds. The molecule has 1 aromatic rings. The van der Waals surface area contributed by atoms with Gasteiger partial charge in [-0.05, 0) is 32.1 Å². The van der Waals surface area contributed by atoms with Crippen molar-refractivity contribution in [3.05, 3.63) is 17.2 Å². The third-order valence-corrected chi connectivity index (χ3v) is 5.11. The lowest BCUT2D eigenvalue weighted by molar-refractivity contribution is 0.293. The van der Waals surface area contributed by atoms with Crippen LogP contribution in [0.2, 0.25) is 0 Å². The van der Waals surface area contributed by atoms with Crippen LogP contribution in [0.15, 0.2) is 0 Å². The molecule has 0 saturated heterocycles. The summed E-state index contributed by atoms with van der Waals surface area (Å²) in [5.41, 5.74) is 2.93. The Hall–Kier alpha value is -0.830. The van der Waals surface area contributed by atoms with Gasteiger partial charge in [-0.3, -0.25) is 0 Å². The van der Waals surface area contributed by atoms with Gasteiger partial charge in [-0.15, -0.1) is 0 Å². The SMILES string of the molecule is C1CCC(c2nc3c(n2C2CCC2)CCNC3)C1. The molecule has 3 aliphatic rings. The zero-order valence-corrected chi connectivity index (χ0v) is 11.1. The van der Waals surface area contributed by atoms with Gasteiger partial charge in [0.25, 0.3) is 0 Å². The number of imidazole rings is 1. The highest BCUT2D eigenvalue weighted by Gasteiger charge is 2.32. The Kier molecular flexibility index (Phi) is 2.68. The molecule has 1 N–H and O–H groups in total. The maximum atomic E-state index is 5.04. The summed E-state index contributed by atoms with van der Waals surface area (Å²) in [6.45, 7) is 2.13. The molecule has 18 heavy (non-hydrogen) atoms. The van der Waals surface area contributed by atoms with Crippen LogP contribution in [0.3, 0.4) is 0 Å². The minimum Gasteiger partial charge on any atom is -0.328 e. The first-order chi connectivity index (χ1) is 8.93. The van der Waals surface area contributed by atoms with Gasteiger partial charge in [0.15, 0.2) is 0 Å². The summed E-state index contributed by atoms with van der Waals surface area (Å²) in [5, 5.41) is 3.47. The smallest absolute Gasteiger partial charge is 0.112 e. The van der Waals surface area contributed by atoms with Crippen LogP contribution in [0.4, 0.5) is 0 Å². The Morgan fingerprint density at radius 1 is 1.06 bits per heavy atom. The van der Waals surface area contributed by atoms with E-state index in [1.165, 1.54) is 62.9 Å². The molecule has 1 aromatic heterocycles. The van der Waals surface area contributed by atoms with E-state index in [1.807, 2.05) is 0 Å². The van der Waals surface area contributed by atoms with Gasteiger partial charge in [-0.25, -0.2) is 4.98 Å². The Morgan fingerprint density at radius 2 is 1.89 bits per heavy atom. The third kappa shape index (κ3) is 1.63. The molecule has 3 heteroatoms.